The third-order valence-electron chi connectivity index (χ3n) is 5.22. The predicted octanol–water partition coefficient (Wildman–Crippen LogP) is 2.82. The normalized spacial score (nSPS) is 20.3. The predicted molar refractivity (Wildman–Crippen MR) is 110 cm³/mol. The molecule has 0 unspecified atom stereocenters. The van der Waals surface area contributed by atoms with E-state index in [1.165, 1.54) is 4.88 Å². The molecule has 1 aromatic heterocycles. The van der Waals surface area contributed by atoms with Crippen LogP contribution in [0.15, 0.2) is 41.8 Å². The van der Waals surface area contributed by atoms with Crippen LogP contribution < -0.4 is 5.32 Å². The molecule has 2 aliphatic heterocycles. The monoisotopic (exact) mass is 399 g/mol. The van der Waals surface area contributed by atoms with Crippen molar-refractivity contribution < 1.29 is 14.3 Å². The molecule has 148 valence electrons. The van der Waals surface area contributed by atoms with E-state index in [0.29, 0.717) is 17.9 Å². The number of thiophene rings is 1. The minimum absolute atomic E-state index is 0.0176. The van der Waals surface area contributed by atoms with Gasteiger partial charge in [0.25, 0.3) is 11.8 Å². The van der Waals surface area contributed by atoms with Crippen LogP contribution in [0.25, 0.3) is 0 Å². The van der Waals surface area contributed by atoms with Crippen molar-refractivity contribution in [2.24, 2.45) is 0 Å². The molecule has 0 saturated carbocycles. The molecule has 0 aliphatic carbocycles. The fraction of sp³-hybridized carbons (Fsp3) is 0.429. The number of amides is 2. The van der Waals surface area contributed by atoms with Crippen LogP contribution >= 0.6 is 11.3 Å². The zero-order chi connectivity index (χ0) is 19.3. The van der Waals surface area contributed by atoms with Gasteiger partial charge in [-0.3, -0.25) is 14.5 Å². The first kappa shape index (κ1) is 19.1. The lowest BCUT2D eigenvalue weighted by atomic mass is 10.1. The van der Waals surface area contributed by atoms with Crippen molar-refractivity contribution in [2.45, 2.75) is 25.5 Å². The largest absolute Gasteiger partial charge is 0.368 e. The van der Waals surface area contributed by atoms with Gasteiger partial charge < -0.3 is 15.0 Å². The fourth-order valence-corrected chi connectivity index (χ4v) is 4.40. The maximum Gasteiger partial charge on any atom is 0.254 e. The molecule has 2 aromatic rings. The van der Waals surface area contributed by atoms with Gasteiger partial charge in [0.1, 0.15) is 6.10 Å². The SMILES string of the molecule is O=C(Nc1cccc(C(=O)N2CCN(Cc3cccs3)CC2)c1)[C@@H]1CCCO1. The van der Waals surface area contributed by atoms with Crippen molar-refractivity contribution in [3.63, 3.8) is 0 Å². The summed E-state index contributed by atoms with van der Waals surface area (Å²) in [5.74, 6) is -0.117. The van der Waals surface area contributed by atoms with Gasteiger partial charge in [-0.1, -0.05) is 12.1 Å². The first-order chi connectivity index (χ1) is 13.7. The summed E-state index contributed by atoms with van der Waals surface area (Å²) in [5, 5.41) is 4.97. The molecule has 2 saturated heterocycles. The van der Waals surface area contributed by atoms with Crippen LogP contribution in [0.3, 0.4) is 0 Å². The second-order valence-corrected chi connectivity index (χ2v) is 8.25. The smallest absolute Gasteiger partial charge is 0.254 e. The number of rotatable bonds is 5. The van der Waals surface area contributed by atoms with Crippen molar-refractivity contribution in [2.75, 3.05) is 38.1 Å². The highest BCUT2D eigenvalue weighted by atomic mass is 32.1. The minimum Gasteiger partial charge on any atom is -0.368 e. The van der Waals surface area contributed by atoms with Crippen LogP contribution in [0.4, 0.5) is 5.69 Å². The summed E-state index contributed by atoms with van der Waals surface area (Å²) in [7, 11) is 0. The van der Waals surface area contributed by atoms with Gasteiger partial charge in [0.2, 0.25) is 0 Å². The molecule has 3 heterocycles. The van der Waals surface area contributed by atoms with Crippen LogP contribution in [-0.4, -0.2) is 60.5 Å². The number of hydrogen-bond acceptors (Lipinski definition) is 5. The van der Waals surface area contributed by atoms with Gasteiger partial charge >= 0.3 is 0 Å². The van der Waals surface area contributed by atoms with Gasteiger partial charge in [0.15, 0.2) is 0 Å². The third-order valence-corrected chi connectivity index (χ3v) is 6.08. The van der Waals surface area contributed by atoms with E-state index in [9.17, 15) is 9.59 Å². The van der Waals surface area contributed by atoms with Crippen LogP contribution in [0.2, 0.25) is 0 Å². The number of nitrogens with zero attached hydrogens (tertiary/aromatic N) is 2. The Kier molecular flexibility index (Phi) is 6.04. The Morgan fingerprint density at radius 2 is 2.00 bits per heavy atom. The lowest BCUT2D eigenvalue weighted by molar-refractivity contribution is -0.124. The van der Waals surface area contributed by atoms with Crippen molar-refractivity contribution >= 4 is 28.8 Å². The number of carbonyl (C=O) groups is 2. The van der Waals surface area contributed by atoms with Gasteiger partial charge in [-0.25, -0.2) is 0 Å². The van der Waals surface area contributed by atoms with E-state index in [-0.39, 0.29) is 17.9 Å². The Hall–Kier alpha value is -2.22. The molecule has 4 rings (SSSR count). The summed E-state index contributed by atoms with van der Waals surface area (Å²) in [6.45, 7) is 4.77. The van der Waals surface area contributed by atoms with Gasteiger partial charge in [-0.05, 0) is 42.5 Å². The van der Waals surface area contributed by atoms with Crippen LogP contribution in [0.1, 0.15) is 28.1 Å². The molecule has 6 nitrogen and oxygen atoms in total. The number of nitrogens with one attached hydrogen (secondary N) is 1. The molecular formula is C21H25N3O3S. The molecule has 1 aromatic carbocycles. The zero-order valence-electron chi connectivity index (χ0n) is 15.8. The second kappa shape index (κ2) is 8.86. The topological polar surface area (TPSA) is 61.9 Å². The van der Waals surface area contributed by atoms with Crippen molar-refractivity contribution in [1.29, 1.82) is 0 Å². The molecule has 2 fully saturated rings. The average Bonchev–Trinajstić information content (AvgIpc) is 3.42. The third kappa shape index (κ3) is 4.60. The number of benzene rings is 1. The van der Waals surface area contributed by atoms with E-state index in [1.54, 1.807) is 17.4 Å². The van der Waals surface area contributed by atoms with E-state index in [1.807, 2.05) is 23.1 Å². The molecule has 2 aliphatic rings. The molecule has 2 amide bonds. The summed E-state index contributed by atoms with van der Waals surface area (Å²) in [4.78, 5) is 30.8. The number of anilines is 1. The van der Waals surface area contributed by atoms with Gasteiger partial charge in [-0.2, -0.15) is 0 Å². The van der Waals surface area contributed by atoms with Gasteiger partial charge in [-0.15, -0.1) is 11.3 Å². The van der Waals surface area contributed by atoms with Gasteiger partial charge in [0, 0.05) is 55.5 Å². The summed E-state index contributed by atoms with van der Waals surface area (Å²) in [6.07, 6.45) is 1.28. The molecule has 28 heavy (non-hydrogen) atoms. The fourth-order valence-electron chi connectivity index (χ4n) is 3.65. The lowest BCUT2D eigenvalue weighted by Gasteiger charge is -2.34. The quantitative estimate of drug-likeness (QED) is 0.840. The Morgan fingerprint density at radius 3 is 2.71 bits per heavy atom. The first-order valence-corrected chi connectivity index (χ1v) is 10.6. The molecule has 0 radical (unpaired) electrons. The van der Waals surface area contributed by atoms with E-state index in [2.05, 4.69) is 27.7 Å². The van der Waals surface area contributed by atoms with E-state index < -0.39 is 0 Å². The van der Waals surface area contributed by atoms with Crippen molar-refractivity contribution in [3.8, 4) is 0 Å². The lowest BCUT2D eigenvalue weighted by Crippen LogP contribution is -2.48. The van der Waals surface area contributed by atoms with E-state index in [4.69, 9.17) is 4.74 Å². The van der Waals surface area contributed by atoms with Crippen molar-refractivity contribution in [3.05, 3.63) is 52.2 Å². The summed E-state index contributed by atoms with van der Waals surface area (Å²) in [6, 6.07) is 11.4. The molecule has 0 spiro atoms. The highest BCUT2D eigenvalue weighted by Crippen LogP contribution is 2.18. The highest BCUT2D eigenvalue weighted by molar-refractivity contribution is 7.09. The van der Waals surface area contributed by atoms with E-state index >= 15 is 0 Å². The highest BCUT2D eigenvalue weighted by Gasteiger charge is 2.25. The van der Waals surface area contributed by atoms with Crippen LogP contribution in [0.5, 0.6) is 0 Å². The Morgan fingerprint density at radius 1 is 1.14 bits per heavy atom. The molecule has 7 heteroatoms. The van der Waals surface area contributed by atoms with Gasteiger partial charge in [0.05, 0.1) is 0 Å². The van der Waals surface area contributed by atoms with E-state index in [0.717, 1.165) is 45.6 Å². The maximum absolute atomic E-state index is 12.9. The Labute approximate surface area is 169 Å². The Bertz CT molecular complexity index is 810. The molecule has 1 N–H and O–H groups in total. The summed E-state index contributed by atoms with van der Waals surface area (Å²) >= 11 is 1.77. The minimum atomic E-state index is -0.379. The maximum atomic E-state index is 12.9. The van der Waals surface area contributed by atoms with Crippen LogP contribution in [-0.2, 0) is 16.1 Å². The van der Waals surface area contributed by atoms with Crippen molar-refractivity contribution in [1.82, 2.24) is 9.80 Å². The second-order valence-electron chi connectivity index (χ2n) is 7.22. The van der Waals surface area contributed by atoms with Crippen LogP contribution in [0, 0.1) is 0 Å². The standard InChI is InChI=1S/C21H25N3O3S/c25-20(19-7-2-12-27-19)22-17-5-1-4-16(14-17)21(26)24-10-8-23(9-11-24)15-18-6-3-13-28-18/h1,3-6,13-14,19H,2,7-12,15H2,(H,22,25)/t19-/m0/s1. The number of ether oxygens (including phenoxy) is 1. The number of carbonyl (C=O) groups excluding carboxylic acids is 2. The molecular weight excluding hydrogens is 374 g/mol. The number of hydrogen-bond donors (Lipinski definition) is 1. The summed E-state index contributed by atoms with van der Waals surface area (Å²) in [5.41, 5.74) is 1.25. The zero-order valence-corrected chi connectivity index (χ0v) is 16.6. The first-order valence-electron chi connectivity index (χ1n) is 9.75. The Balaban J connectivity index is 1.32. The molecule has 1 atom stereocenters. The molecule has 0 bridgehead atoms. The number of piperazine rings is 1. The summed E-state index contributed by atoms with van der Waals surface area (Å²) < 4.78 is 5.42. The average molecular weight is 400 g/mol.